The van der Waals surface area contributed by atoms with Gasteiger partial charge in [-0.25, -0.2) is 0 Å². The van der Waals surface area contributed by atoms with Crippen molar-refractivity contribution < 1.29 is 19.1 Å². The third-order valence-corrected chi connectivity index (χ3v) is 3.91. The molecule has 1 saturated carbocycles. The molecule has 1 rings (SSSR count). The molecule has 4 nitrogen and oxygen atoms in total. The summed E-state index contributed by atoms with van der Waals surface area (Å²) in [4.78, 5) is 24.6. The molecule has 0 N–H and O–H groups in total. The van der Waals surface area contributed by atoms with Crippen LogP contribution in [0.25, 0.3) is 0 Å². The van der Waals surface area contributed by atoms with Crippen LogP contribution in [0.2, 0.25) is 0 Å². The van der Waals surface area contributed by atoms with Crippen molar-refractivity contribution in [1.82, 2.24) is 0 Å². The Kier molecular flexibility index (Phi) is 5.60. The van der Waals surface area contributed by atoms with Crippen LogP contribution in [0, 0.1) is 28.6 Å². The van der Waals surface area contributed by atoms with E-state index >= 15 is 0 Å². The first-order valence-corrected chi connectivity index (χ1v) is 7.14. The van der Waals surface area contributed by atoms with E-state index in [4.69, 9.17) is 9.47 Å². The molecule has 0 saturated heterocycles. The van der Waals surface area contributed by atoms with Gasteiger partial charge in [0.05, 0.1) is 14.2 Å². The second-order valence-corrected chi connectivity index (χ2v) is 5.96. The molecule has 4 heteroatoms. The number of rotatable bonds is 6. The molecule has 1 aliphatic rings. The number of hydrogen-bond acceptors (Lipinski definition) is 4. The van der Waals surface area contributed by atoms with Gasteiger partial charge in [-0.05, 0) is 24.7 Å². The van der Waals surface area contributed by atoms with Gasteiger partial charge in [0.2, 0.25) is 0 Å². The van der Waals surface area contributed by atoms with Gasteiger partial charge < -0.3 is 9.47 Å². The zero-order valence-corrected chi connectivity index (χ0v) is 13.3. The number of methoxy groups -OCH3 is 2. The van der Waals surface area contributed by atoms with Crippen LogP contribution in [-0.4, -0.2) is 26.2 Å². The molecule has 0 aromatic carbocycles. The summed E-state index contributed by atoms with van der Waals surface area (Å²) < 4.78 is 9.75. The highest BCUT2D eigenvalue weighted by molar-refractivity contribution is 6.00. The smallest absolute Gasteiger partial charge is 0.324 e. The van der Waals surface area contributed by atoms with E-state index < -0.39 is 17.4 Å². The van der Waals surface area contributed by atoms with Crippen molar-refractivity contribution in [3.05, 3.63) is 12.7 Å². The van der Waals surface area contributed by atoms with Gasteiger partial charge in [-0.1, -0.05) is 19.9 Å². The van der Waals surface area contributed by atoms with Gasteiger partial charge in [-0.15, -0.1) is 18.4 Å². The lowest BCUT2D eigenvalue weighted by atomic mass is 9.75. The summed E-state index contributed by atoms with van der Waals surface area (Å²) in [5.74, 6) is 4.94. The van der Waals surface area contributed by atoms with E-state index in [1.807, 2.05) is 19.9 Å². The molecular formula is C17H24O4. The predicted molar refractivity (Wildman–Crippen MR) is 80.2 cm³/mol. The lowest BCUT2D eigenvalue weighted by molar-refractivity contribution is -0.170. The van der Waals surface area contributed by atoms with E-state index in [-0.39, 0.29) is 17.8 Å². The zero-order chi connectivity index (χ0) is 16.1. The van der Waals surface area contributed by atoms with E-state index in [9.17, 15) is 9.59 Å². The average molecular weight is 292 g/mol. The maximum absolute atomic E-state index is 12.3. The first-order chi connectivity index (χ1) is 9.85. The molecule has 0 aromatic rings. The van der Waals surface area contributed by atoms with Crippen molar-refractivity contribution in [2.75, 3.05) is 14.2 Å². The molecule has 0 unspecified atom stereocenters. The molecule has 0 bridgehead atoms. The lowest BCUT2D eigenvalue weighted by Crippen LogP contribution is -2.43. The summed E-state index contributed by atoms with van der Waals surface area (Å²) in [6.45, 7) is 7.73. The first kappa shape index (κ1) is 17.3. The summed E-state index contributed by atoms with van der Waals surface area (Å²) in [7, 11) is 2.56. The Balaban J connectivity index is 3.15. The Morgan fingerprint density at radius 3 is 2.14 bits per heavy atom. The Morgan fingerprint density at radius 2 is 1.81 bits per heavy atom. The van der Waals surface area contributed by atoms with Crippen LogP contribution in [-0.2, 0) is 19.1 Å². The third-order valence-electron chi connectivity index (χ3n) is 3.91. The van der Waals surface area contributed by atoms with E-state index in [0.29, 0.717) is 6.42 Å². The fourth-order valence-electron chi connectivity index (χ4n) is 2.45. The summed E-state index contributed by atoms with van der Waals surface area (Å²) in [6, 6.07) is 0. The Bertz CT molecular complexity index is 459. The van der Waals surface area contributed by atoms with Crippen LogP contribution in [0.15, 0.2) is 12.7 Å². The molecule has 0 radical (unpaired) electrons. The van der Waals surface area contributed by atoms with E-state index in [2.05, 4.69) is 18.4 Å². The first-order valence-electron chi connectivity index (χ1n) is 7.14. The van der Waals surface area contributed by atoms with Crippen LogP contribution in [0.1, 0.15) is 39.5 Å². The van der Waals surface area contributed by atoms with Gasteiger partial charge in [-0.3, -0.25) is 9.59 Å². The van der Waals surface area contributed by atoms with Gasteiger partial charge in [0.1, 0.15) is 0 Å². The van der Waals surface area contributed by atoms with Gasteiger partial charge in [0.25, 0.3) is 0 Å². The van der Waals surface area contributed by atoms with E-state index in [0.717, 1.165) is 12.8 Å². The van der Waals surface area contributed by atoms with Gasteiger partial charge >= 0.3 is 11.9 Å². The minimum Gasteiger partial charge on any atom is -0.468 e. The van der Waals surface area contributed by atoms with Crippen LogP contribution >= 0.6 is 0 Å². The van der Waals surface area contributed by atoms with Crippen LogP contribution in [0.4, 0.5) is 0 Å². The number of carbonyl (C=O) groups is 2. The largest absolute Gasteiger partial charge is 0.468 e. The summed E-state index contributed by atoms with van der Waals surface area (Å²) in [6.07, 6.45) is 4.12. The normalized spacial score (nSPS) is 15.7. The fraction of sp³-hybridized carbons (Fsp3) is 0.647. The van der Waals surface area contributed by atoms with Gasteiger partial charge in [0.15, 0.2) is 5.41 Å². The molecule has 1 fully saturated rings. The number of hydrogen-bond donors (Lipinski definition) is 0. The minimum atomic E-state index is -1.37. The highest BCUT2D eigenvalue weighted by Crippen LogP contribution is 2.55. The summed E-state index contributed by atoms with van der Waals surface area (Å²) in [5, 5.41) is 0. The van der Waals surface area contributed by atoms with Crippen LogP contribution in [0.3, 0.4) is 0 Å². The van der Waals surface area contributed by atoms with Crippen LogP contribution < -0.4 is 0 Å². The molecule has 0 aliphatic heterocycles. The predicted octanol–water partition coefficient (Wildman–Crippen LogP) is 2.72. The number of esters is 2. The van der Waals surface area contributed by atoms with Crippen molar-refractivity contribution in [3.63, 3.8) is 0 Å². The Hall–Kier alpha value is -1.76. The monoisotopic (exact) mass is 292 g/mol. The fourth-order valence-corrected chi connectivity index (χ4v) is 2.45. The summed E-state index contributed by atoms with van der Waals surface area (Å²) >= 11 is 0. The quantitative estimate of drug-likeness (QED) is 0.327. The molecule has 0 aromatic heterocycles. The SMILES string of the molecule is C=CC1(CC(CC#CC(C)C)(C(=O)OC)C(=O)OC)CC1. The lowest BCUT2D eigenvalue weighted by Gasteiger charge is -2.29. The zero-order valence-electron chi connectivity index (χ0n) is 13.3. The average Bonchev–Trinajstić information content (AvgIpc) is 3.24. The van der Waals surface area contributed by atoms with E-state index in [1.54, 1.807) is 0 Å². The number of carbonyl (C=O) groups excluding carboxylic acids is 2. The highest BCUT2D eigenvalue weighted by Gasteiger charge is 2.56. The molecule has 1 aliphatic carbocycles. The van der Waals surface area contributed by atoms with Crippen molar-refractivity contribution in [1.29, 1.82) is 0 Å². The molecule has 0 heterocycles. The molecule has 116 valence electrons. The molecule has 0 amide bonds. The van der Waals surface area contributed by atoms with E-state index in [1.165, 1.54) is 14.2 Å². The Morgan fingerprint density at radius 1 is 1.29 bits per heavy atom. The maximum atomic E-state index is 12.3. The van der Waals surface area contributed by atoms with Crippen molar-refractivity contribution in [2.24, 2.45) is 16.7 Å². The molecule has 0 spiro atoms. The second kappa shape index (κ2) is 6.80. The van der Waals surface area contributed by atoms with Crippen molar-refractivity contribution in [3.8, 4) is 11.8 Å². The molecular weight excluding hydrogens is 268 g/mol. The van der Waals surface area contributed by atoms with Crippen molar-refractivity contribution >= 4 is 11.9 Å². The standard InChI is InChI=1S/C17H24O4/c1-6-16(10-11-16)12-17(14(18)20-4,15(19)21-5)9-7-8-13(2)3/h6,13H,1,9-12H2,2-5H3. The molecule has 21 heavy (non-hydrogen) atoms. The topological polar surface area (TPSA) is 52.6 Å². The minimum absolute atomic E-state index is 0.111. The second-order valence-electron chi connectivity index (χ2n) is 5.96. The Labute approximate surface area is 126 Å². The number of allylic oxidation sites excluding steroid dienone is 1. The highest BCUT2D eigenvalue weighted by atomic mass is 16.5. The number of ether oxygens (including phenoxy) is 2. The third kappa shape index (κ3) is 3.87. The van der Waals surface area contributed by atoms with Crippen LogP contribution in [0.5, 0.6) is 0 Å². The van der Waals surface area contributed by atoms with Crippen molar-refractivity contribution in [2.45, 2.75) is 39.5 Å². The van der Waals surface area contributed by atoms with Gasteiger partial charge in [0, 0.05) is 12.3 Å². The van der Waals surface area contributed by atoms with Gasteiger partial charge in [-0.2, -0.15) is 0 Å². The maximum Gasteiger partial charge on any atom is 0.324 e. The molecule has 0 atom stereocenters. The summed E-state index contributed by atoms with van der Waals surface area (Å²) in [5.41, 5.74) is -1.54.